The maximum absolute atomic E-state index is 12.2. The number of nitrogens with two attached hydrogens (primary N) is 1. The molecule has 1 heterocycles. The molecular formula is C13H14BrN3O3S. The van der Waals surface area contributed by atoms with Crippen molar-refractivity contribution in [1.29, 1.82) is 0 Å². The molecule has 0 spiro atoms. The Morgan fingerprint density at radius 3 is 2.67 bits per heavy atom. The van der Waals surface area contributed by atoms with Gasteiger partial charge in [0, 0.05) is 16.2 Å². The van der Waals surface area contributed by atoms with Crippen molar-refractivity contribution in [3.05, 3.63) is 41.0 Å². The molecule has 112 valence electrons. The summed E-state index contributed by atoms with van der Waals surface area (Å²) in [5.74, 6) is 0.440. The highest BCUT2D eigenvalue weighted by Crippen LogP contribution is 2.24. The van der Waals surface area contributed by atoms with Crippen molar-refractivity contribution in [2.24, 2.45) is 0 Å². The first-order chi connectivity index (χ1) is 9.92. The molecule has 0 fully saturated rings. The molecule has 0 radical (unpaired) electrons. The van der Waals surface area contributed by atoms with Crippen LogP contribution in [0.25, 0.3) is 0 Å². The quantitative estimate of drug-likeness (QED) is 0.787. The third-order valence-corrected chi connectivity index (χ3v) is 4.63. The van der Waals surface area contributed by atoms with Crippen molar-refractivity contribution in [3.8, 4) is 5.88 Å². The first-order valence-corrected chi connectivity index (χ1v) is 8.36. The lowest BCUT2D eigenvalue weighted by atomic mass is 10.3. The van der Waals surface area contributed by atoms with E-state index in [4.69, 9.17) is 10.5 Å². The monoisotopic (exact) mass is 371 g/mol. The van der Waals surface area contributed by atoms with Gasteiger partial charge in [0.05, 0.1) is 23.4 Å². The van der Waals surface area contributed by atoms with Gasteiger partial charge in [0.1, 0.15) is 0 Å². The van der Waals surface area contributed by atoms with Crippen molar-refractivity contribution in [1.82, 2.24) is 4.98 Å². The molecule has 0 aliphatic carbocycles. The topological polar surface area (TPSA) is 94.3 Å². The molecule has 3 N–H and O–H groups in total. The third kappa shape index (κ3) is 3.85. The highest BCUT2D eigenvalue weighted by atomic mass is 79.9. The lowest BCUT2D eigenvalue weighted by Gasteiger charge is -2.09. The average Bonchev–Trinajstić information content (AvgIpc) is 2.44. The number of sulfonamides is 1. The van der Waals surface area contributed by atoms with Crippen molar-refractivity contribution < 1.29 is 13.2 Å². The first-order valence-electron chi connectivity index (χ1n) is 6.09. The fourth-order valence-electron chi connectivity index (χ4n) is 1.56. The maximum atomic E-state index is 12.2. The van der Waals surface area contributed by atoms with Crippen molar-refractivity contribution in [3.63, 3.8) is 0 Å². The zero-order valence-electron chi connectivity index (χ0n) is 11.2. The van der Waals surface area contributed by atoms with Gasteiger partial charge in [-0.1, -0.05) is 0 Å². The molecule has 0 aliphatic rings. The SMILES string of the molecule is CCOc1ccc(NS(=O)(=O)c2ccc(N)c(Br)c2)cn1. The molecule has 0 saturated carbocycles. The summed E-state index contributed by atoms with van der Waals surface area (Å²) in [5, 5.41) is 0. The van der Waals surface area contributed by atoms with E-state index in [-0.39, 0.29) is 4.90 Å². The maximum Gasteiger partial charge on any atom is 0.261 e. The summed E-state index contributed by atoms with van der Waals surface area (Å²) in [6, 6.07) is 7.58. The number of aromatic nitrogens is 1. The second-order valence-corrected chi connectivity index (χ2v) is 6.64. The van der Waals surface area contributed by atoms with Gasteiger partial charge in [-0.25, -0.2) is 13.4 Å². The van der Waals surface area contributed by atoms with E-state index >= 15 is 0 Å². The minimum absolute atomic E-state index is 0.109. The van der Waals surface area contributed by atoms with Crippen LogP contribution in [0.4, 0.5) is 11.4 Å². The van der Waals surface area contributed by atoms with E-state index in [9.17, 15) is 8.42 Å². The van der Waals surface area contributed by atoms with Gasteiger partial charge in [0.2, 0.25) is 5.88 Å². The fourth-order valence-corrected chi connectivity index (χ4v) is 3.16. The van der Waals surface area contributed by atoms with E-state index in [1.165, 1.54) is 24.4 Å². The number of ether oxygens (including phenoxy) is 1. The minimum Gasteiger partial charge on any atom is -0.478 e. The van der Waals surface area contributed by atoms with Gasteiger partial charge < -0.3 is 10.5 Å². The molecule has 21 heavy (non-hydrogen) atoms. The summed E-state index contributed by atoms with van der Waals surface area (Å²) in [6.45, 7) is 2.34. The Morgan fingerprint density at radius 1 is 1.33 bits per heavy atom. The van der Waals surface area contributed by atoms with E-state index in [0.29, 0.717) is 28.3 Å². The van der Waals surface area contributed by atoms with Crippen LogP contribution in [0, 0.1) is 0 Å². The highest BCUT2D eigenvalue weighted by Gasteiger charge is 2.15. The number of nitrogens with one attached hydrogen (secondary N) is 1. The molecule has 1 aromatic carbocycles. The zero-order valence-corrected chi connectivity index (χ0v) is 13.6. The largest absolute Gasteiger partial charge is 0.478 e. The van der Waals surface area contributed by atoms with Gasteiger partial charge in [-0.05, 0) is 47.1 Å². The van der Waals surface area contributed by atoms with Crippen molar-refractivity contribution >= 4 is 37.3 Å². The van der Waals surface area contributed by atoms with Crippen LogP contribution in [0.15, 0.2) is 45.9 Å². The van der Waals surface area contributed by atoms with E-state index in [2.05, 4.69) is 25.6 Å². The number of anilines is 2. The molecule has 0 amide bonds. The molecule has 0 saturated heterocycles. The van der Waals surface area contributed by atoms with E-state index in [0.717, 1.165) is 0 Å². The van der Waals surface area contributed by atoms with Crippen LogP contribution in [0.1, 0.15) is 6.92 Å². The van der Waals surface area contributed by atoms with Crippen LogP contribution >= 0.6 is 15.9 Å². The Morgan fingerprint density at radius 2 is 2.10 bits per heavy atom. The van der Waals surface area contributed by atoms with E-state index < -0.39 is 10.0 Å². The number of benzene rings is 1. The van der Waals surface area contributed by atoms with Crippen molar-refractivity contribution in [2.45, 2.75) is 11.8 Å². The summed E-state index contributed by atoms with van der Waals surface area (Å²) in [7, 11) is -3.69. The molecule has 0 bridgehead atoms. The molecule has 0 atom stereocenters. The number of hydrogen-bond donors (Lipinski definition) is 2. The van der Waals surface area contributed by atoms with Crippen LogP contribution in [-0.2, 0) is 10.0 Å². The second-order valence-electron chi connectivity index (χ2n) is 4.11. The average molecular weight is 372 g/mol. The Kier molecular flexibility index (Phi) is 4.69. The molecule has 2 rings (SSSR count). The summed E-state index contributed by atoms with van der Waals surface area (Å²) in [5.41, 5.74) is 6.47. The predicted octanol–water partition coefficient (Wildman–Crippen LogP) is 2.63. The van der Waals surface area contributed by atoms with Gasteiger partial charge in [-0.3, -0.25) is 4.72 Å². The van der Waals surface area contributed by atoms with Gasteiger partial charge >= 0.3 is 0 Å². The standard InChI is InChI=1S/C13H14BrN3O3S/c1-2-20-13-6-3-9(8-16-13)17-21(18,19)10-4-5-12(15)11(14)7-10/h3-8,17H,2,15H2,1H3. The smallest absolute Gasteiger partial charge is 0.261 e. The number of halogens is 1. The Balaban J connectivity index is 2.22. The Hall–Kier alpha value is -1.80. The molecule has 0 unspecified atom stereocenters. The summed E-state index contributed by atoms with van der Waals surface area (Å²) < 4.78 is 32.7. The molecule has 2 aromatic rings. The van der Waals surface area contributed by atoms with E-state index in [1.54, 1.807) is 12.1 Å². The Bertz CT molecular complexity index is 733. The summed E-state index contributed by atoms with van der Waals surface area (Å²) in [4.78, 5) is 4.11. The van der Waals surface area contributed by atoms with Crippen LogP contribution in [0.5, 0.6) is 5.88 Å². The number of hydrogen-bond acceptors (Lipinski definition) is 5. The molecule has 8 heteroatoms. The highest BCUT2D eigenvalue weighted by molar-refractivity contribution is 9.10. The van der Waals surface area contributed by atoms with E-state index in [1.807, 2.05) is 6.92 Å². The normalized spacial score (nSPS) is 11.1. The van der Waals surface area contributed by atoms with Crippen molar-refractivity contribution in [2.75, 3.05) is 17.1 Å². The number of pyridine rings is 1. The van der Waals surface area contributed by atoms with Crippen LogP contribution in [0.3, 0.4) is 0 Å². The first kappa shape index (κ1) is 15.6. The molecule has 1 aromatic heterocycles. The summed E-state index contributed by atoms with van der Waals surface area (Å²) in [6.07, 6.45) is 1.40. The van der Waals surface area contributed by atoms with Crippen LogP contribution < -0.4 is 15.2 Å². The minimum atomic E-state index is -3.69. The number of nitrogen functional groups attached to an aromatic ring is 1. The fraction of sp³-hybridized carbons (Fsp3) is 0.154. The molecular weight excluding hydrogens is 358 g/mol. The molecule has 6 nitrogen and oxygen atoms in total. The van der Waals surface area contributed by atoms with Gasteiger partial charge in [-0.15, -0.1) is 0 Å². The van der Waals surface area contributed by atoms with Crippen LogP contribution in [-0.4, -0.2) is 20.0 Å². The lowest BCUT2D eigenvalue weighted by Crippen LogP contribution is -2.13. The third-order valence-electron chi connectivity index (χ3n) is 2.56. The number of nitrogens with zero attached hydrogens (tertiary/aromatic N) is 1. The number of rotatable bonds is 5. The second kappa shape index (κ2) is 6.31. The molecule has 0 aliphatic heterocycles. The summed E-state index contributed by atoms with van der Waals surface area (Å²) >= 11 is 3.20. The van der Waals surface area contributed by atoms with Gasteiger partial charge in [0.15, 0.2) is 0 Å². The van der Waals surface area contributed by atoms with Gasteiger partial charge in [0.25, 0.3) is 10.0 Å². The van der Waals surface area contributed by atoms with Crippen LogP contribution in [0.2, 0.25) is 0 Å². The predicted molar refractivity (Wildman–Crippen MR) is 84.8 cm³/mol. The van der Waals surface area contributed by atoms with Gasteiger partial charge in [-0.2, -0.15) is 0 Å². The lowest BCUT2D eigenvalue weighted by molar-refractivity contribution is 0.327. The zero-order chi connectivity index (χ0) is 15.5. The Labute approximate surface area is 131 Å².